The molecule has 1 amide bonds. The normalized spacial score (nSPS) is 17.0. The van der Waals surface area contributed by atoms with Gasteiger partial charge in [0.05, 0.1) is 5.56 Å². The molecule has 0 aliphatic carbocycles. The Bertz CT molecular complexity index is 761. The van der Waals surface area contributed by atoms with Crippen molar-refractivity contribution in [2.75, 3.05) is 6.54 Å². The quantitative estimate of drug-likeness (QED) is 0.937. The van der Waals surface area contributed by atoms with E-state index in [1.807, 2.05) is 6.07 Å². The fourth-order valence-corrected chi connectivity index (χ4v) is 3.06. The summed E-state index contributed by atoms with van der Waals surface area (Å²) < 4.78 is 13.3. The molecule has 0 spiro atoms. The summed E-state index contributed by atoms with van der Waals surface area (Å²) in [5, 5.41) is 8.87. The van der Waals surface area contributed by atoms with E-state index < -0.39 is 5.97 Å². The number of pyridine rings is 1. The minimum atomic E-state index is -1.13. The van der Waals surface area contributed by atoms with Crippen LogP contribution in [0.15, 0.2) is 42.6 Å². The van der Waals surface area contributed by atoms with E-state index in [9.17, 15) is 14.0 Å². The summed E-state index contributed by atoms with van der Waals surface area (Å²) in [7, 11) is 0. The Hall–Kier alpha value is -2.76. The number of nitrogens with zero attached hydrogens (tertiary/aromatic N) is 2. The average molecular weight is 328 g/mol. The molecule has 1 N–H and O–H groups in total. The second-order valence-corrected chi connectivity index (χ2v) is 5.87. The Balaban J connectivity index is 1.74. The van der Waals surface area contributed by atoms with Crippen LogP contribution in [-0.4, -0.2) is 39.5 Å². The second kappa shape index (κ2) is 6.78. The molecule has 3 rings (SSSR count). The summed E-state index contributed by atoms with van der Waals surface area (Å²) in [5.41, 5.74) is 1.13. The van der Waals surface area contributed by atoms with Crippen molar-refractivity contribution in [3.8, 4) is 0 Å². The van der Waals surface area contributed by atoms with Crippen molar-refractivity contribution in [2.24, 2.45) is 0 Å². The molecule has 0 radical (unpaired) electrons. The molecule has 5 nitrogen and oxygen atoms in total. The molecule has 1 aliphatic rings. The van der Waals surface area contributed by atoms with Crippen LogP contribution in [-0.2, 0) is 6.42 Å². The smallest absolute Gasteiger partial charge is 0.354 e. The molecule has 0 bridgehead atoms. The highest BCUT2D eigenvalue weighted by molar-refractivity contribution is 5.95. The van der Waals surface area contributed by atoms with Crippen molar-refractivity contribution in [1.82, 2.24) is 9.88 Å². The van der Waals surface area contributed by atoms with Crippen molar-refractivity contribution in [3.63, 3.8) is 0 Å². The van der Waals surface area contributed by atoms with E-state index in [4.69, 9.17) is 5.11 Å². The number of carbonyl (C=O) groups is 2. The van der Waals surface area contributed by atoms with Crippen molar-refractivity contribution in [2.45, 2.75) is 25.3 Å². The minimum absolute atomic E-state index is 0.0125. The van der Waals surface area contributed by atoms with E-state index in [2.05, 4.69) is 4.98 Å². The lowest BCUT2D eigenvalue weighted by Gasteiger charge is -2.25. The summed E-state index contributed by atoms with van der Waals surface area (Å²) in [6.45, 7) is 0.638. The van der Waals surface area contributed by atoms with Crippen LogP contribution in [0.4, 0.5) is 4.39 Å². The monoisotopic (exact) mass is 328 g/mol. The summed E-state index contributed by atoms with van der Waals surface area (Å²) in [6.07, 6.45) is 3.66. The third kappa shape index (κ3) is 3.42. The maximum absolute atomic E-state index is 13.3. The summed E-state index contributed by atoms with van der Waals surface area (Å²) in [4.78, 5) is 29.1. The number of benzene rings is 1. The molecule has 1 atom stereocenters. The van der Waals surface area contributed by atoms with Gasteiger partial charge in [0.1, 0.15) is 11.5 Å². The molecule has 1 aromatic heterocycles. The fourth-order valence-electron chi connectivity index (χ4n) is 3.06. The first kappa shape index (κ1) is 16.1. The Labute approximate surface area is 138 Å². The zero-order valence-corrected chi connectivity index (χ0v) is 13.0. The number of rotatable bonds is 4. The van der Waals surface area contributed by atoms with Gasteiger partial charge in [-0.25, -0.2) is 14.2 Å². The zero-order chi connectivity index (χ0) is 17.1. The van der Waals surface area contributed by atoms with Gasteiger partial charge in [0.15, 0.2) is 0 Å². The summed E-state index contributed by atoms with van der Waals surface area (Å²) in [5.74, 6) is -1.57. The number of hydrogen-bond donors (Lipinski definition) is 1. The number of hydrogen-bond acceptors (Lipinski definition) is 3. The lowest BCUT2D eigenvalue weighted by Crippen LogP contribution is -2.36. The van der Waals surface area contributed by atoms with Crippen LogP contribution in [0.2, 0.25) is 0 Å². The molecule has 1 aromatic carbocycles. The van der Waals surface area contributed by atoms with Gasteiger partial charge >= 0.3 is 5.97 Å². The second-order valence-electron chi connectivity index (χ2n) is 5.87. The van der Waals surface area contributed by atoms with Crippen LogP contribution < -0.4 is 0 Å². The van der Waals surface area contributed by atoms with Crippen molar-refractivity contribution in [3.05, 3.63) is 65.2 Å². The fraction of sp³-hybridized carbons (Fsp3) is 0.278. The zero-order valence-electron chi connectivity index (χ0n) is 13.0. The number of carbonyl (C=O) groups excluding carboxylic acids is 1. The highest BCUT2D eigenvalue weighted by Gasteiger charge is 2.29. The number of carboxylic acid groups (broad SMARTS) is 1. The molecule has 1 aliphatic heterocycles. The van der Waals surface area contributed by atoms with Crippen LogP contribution in [0.25, 0.3) is 0 Å². The van der Waals surface area contributed by atoms with E-state index in [1.165, 1.54) is 30.5 Å². The largest absolute Gasteiger partial charge is 0.477 e. The topological polar surface area (TPSA) is 70.5 Å². The molecule has 0 unspecified atom stereocenters. The van der Waals surface area contributed by atoms with Crippen molar-refractivity contribution in [1.29, 1.82) is 0 Å². The van der Waals surface area contributed by atoms with E-state index in [0.29, 0.717) is 18.5 Å². The van der Waals surface area contributed by atoms with Gasteiger partial charge in [0.2, 0.25) is 0 Å². The minimum Gasteiger partial charge on any atom is -0.477 e. The molecule has 1 saturated heterocycles. The van der Waals surface area contributed by atoms with E-state index in [-0.39, 0.29) is 23.5 Å². The van der Waals surface area contributed by atoms with Crippen LogP contribution in [0.5, 0.6) is 0 Å². The van der Waals surface area contributed by atoms with Crippen molar-refractivity contribution >= 4 is 11.9 Å². The van der Waals surface area contributed by atoms with Crippen LogP contribution in [0.1, 0.15) is 39.3 Å². The maximum atomic E-state index is 13.3. The standard InChI is InChI=1S/C18H17FN2O3/c19-14-4-1-3-12(9-14)10-15-5-2-8-21(15)17(22)13-6-7-16(18(23)24)20-11-13/h1,3-4,6-7,9,11,15H,2,5,8,10H2,(H,23,24)/t15-/m1/s1. The van der Waals surface area contributed by atoms with Crippen molar-refractivity contribution < 1.29 is 19.1 Å². The molecule has 0 saturated carbocycles. The van der Waals surface area contributed by atoms with Gasteiger partial charge in [-0.1, -0.05) is 12.1 Å². The van der Waals surface area contributed by atoms with E-state index in [0.717, 1.165) is 18.4 Å². The van der Waals surface area contributed by atoms with Gasteiger partial charge in [0, 0.05) is 18.8 Å². The highest BCUT2D eigenvalue weighted by atomic mass is 19.1. The van der Waals surface area contributed by atoms with Gasteiger partial charge in [-0.15, -0.1) is 0 Å². The molecule has 2 heterocycles. The molecular formula is C18H17FN2O3. The predicted octanol–water partition coefficient (Wildman–Crippen LogP) is 2.77. The van der Waals surface area contributed by atoms with E-state index in [1.54, 1.807) is 11.0 Å². The first-order valence-electron chi connectivity index (χ1n) is 7.79. The third-order valence-corrected chi connectivity index (χ3v) is 4.23. The molecule has 6 heteroatoms. The first-order valence-corrected chi connectivity index (χ1v) is 7.79. The molecular weight excluding hydrogens is 311 g/mol. The van der Waals surface area contributed by atoms with Crippen LogP contribution in [0.3, 0.4) is 0 Å². The molecule has 1 fully saturated rings. The Morgan fingerprint density at radius 3 is 2.79 bits per heavy atom. The number of amides is 1. The molecule has 24 heavy (non-hydrogen) atoms. The summed E-state index contributed by atoms with van der Waals surface area (Å²) >= 11 is 0. The number of halogens is 1. The molecule has 124 valence electrons. The number of carboxylic acids is 1. The maximum Gasteiger partial charge on any atom is 0.354 e. The van der Waals surface area contributed by atoms with Gasteiger partial charge in [0.25, 0.3) is 5.91 Å². The summed E-state index contributed by atoms with van der Waals surface area (Å²) in [6, 6.07) is 9.23. The van der Waals surface area contributed by atoms with Gasteiger partial charge in [-0.2, -0.15) is 0 Å². The Kier molecular flexibility index (Phi) is 4.55. The van der Waals surface area contributed by atoms with Gasteiger partial charge < -0.3 is 10.0 Å². The first-order chi connectivity index (χ1) is 11.5. The Morgan fingerprint density at radius 2 is 2.12 bits per heavy atom. The molecule has 2 aromatic rings. The SMILES string of the molecule is O=C(O)c1ccc(C(=O)N2CCC[C@@H]2Cc2cccc(F)c2)cn1. The van der Waals surface area contributed by atoms with Gasteiger partial charge in [-0.05, 0) is 49.1 Å². The predicted molar refractivity (Wildman–Crippen MR) is 85.4 cm³/mol. The lowest BCUT2D eigenvalue weighted by atomic mass is 10.0. The lowest BCUT2D eigenvalue weighted by molar-refractivity contribution is 0.0685. The van der Waals surface area contributed by atoms with Crippen LogP contribution >= 0.6 is 0 Å². The number of aromatic nitrogens is 1. The van der Waals surface area contributed by atoms with E-state index >= 15 is 0 Å². The highest BCUT2D eigenvalue weighted by Crippen LogP contribution is 2.23. The number of aromatic carboxylic acids is 1. The Morgan fingerprint density at radius 1 is 1.29 bits per heavy atom. The average Bonchev–Trinajstić information content (AvgIpc) is 3.02. The van der Waals surface area contributed by atoms with Gasteiger partial charge in [-0.3, -0.25) is 4.79 Å². The number of likely N-dealkylation sites (tertiary alicyclic amines) is 1. The third-order valence-electron chi connectivity index (χ3n) is 4.23. The van der Waals surface area contributed by atoms with Crippen LogP contribution in [0, 0.1) is 5.82 Å².